The second-order valence-corrected chi connectivity index (χ2v) is 3.73. The maximum atomic E-state index is 9.52. The zero-order valence-corrected chi connectivity index (χ0v) is 8.10. The predicted molar refractivity (Wildman–Crippen MR) is 54.2 cm³/mol. The van der Waals surface area contributed by atoms with E-state index in [0.717, 1.165) is 15.6 Å². The number of hydrogen-bond acceptors (Lipinski definition) is 3. The quantitative estimate of drug-likeness (QED) is 0.796. The molecule has 0 aliphatic heterocycles. The average Bonchev–Trinajstić information content (AvgIpc) is 2.51. The van der Waals surface area contributed by atoms with E-state index in [0.29, 0.717) is 12.4 Å². The van der Waals surface area contributed by atoms with Gasteiger partial charge in [0.2, 0.25) is 0 Å². The molecule has 0 saturated heterocycles. The maximum absolute atomic E-state index is 9.52. The van der Waals surface area contributed by atoms with E-state index in [9.17, 15) is 5.11 Å². The van der Waals surface area contributed by atoms with E-state index in [1.54, 1.807) is 24.5 Å². The Labute approximate surface area is 80.4 Å². The number of rotatable bonds is 2. The minimum Gasteiger partial charge on any atom is -0.506 e. The Balaban J connectivity index is 2.61. The number of phenols is 1. The Bertz CT molecular complexity index is 420. The van der Waals surface area contributed by atoms with Gasteiger partial charge in [0, 0.05) is 12.5 Å². The highest BCUT2D eigenvalue weighted by Gasteiger charge is 2.05. The van der Waals surface area contributed by atoms with E-state index in [2.05, 4.69) is 0 Å². The van der Waals surface area contributed by atoms with Crippen molar-refractivity contribution >= 4 is 21.4 Å². The van der Waals surface area contributed by atoms with Crippen molar-refractivity contribution in [3.05, 3.63) is 29.1 Å². The molecule has 0 spiro atoms. The molecule has 68 valence electrons. The van der Waals surface area contributed by atoms with Crippen molar-refractivity contribution in [2.45, 2.75) is 6.61 Å². The Hall–Kier alpha value is -1.06. The number of phenolic OH excluding ortho intramolecular Hbond substituents is 1. The molecule has 1 aromatic carbocycles. The van der Waals surface area contributed by atoms with Crippen LogP contribution < -0.4 is 0 Å². The SMILES string of the molecule is COCc1csc2c(O)cccc12. The van der Waals surface area contributed by atoms with Crippen LogP contribution in [0.3, 0.4) is 0 Å². The summed E-state index contributed by atoms with van der Waals surface area (Å²) < 4.78 is 6.00. The standard InChI is InChI=1S/C10H10O2S/c1-12-5-7-6-13-10-8(7)3-2-4-9(10)11/h2-4,6,11H,5H2,1H3. The summed E-state index contributed by atoms with van der Waals surface area (Å²) in [6, 6.07) is 5.55. The third-order valence-electron chi connectivity index (χ3n) is 1.96. The van der Waals surface area contributed by atoms with Crippen LogP contribution in [0.4, 0.5) is 0 Å². The monoisotopic (exact) mass is 194 g/mol. The lowest BCUT2D eigenvalue weighted by atomic mass is 10.2. The van der Waals surface area contributed by atoms with E-state index in [-0.39, 0.29) is 0 Å². The molecule has 2 rings (SSSR count). The molecule has 3 heteroatoms. The van der Waals surface area contributed by atoms with Crippen LogP contribution in [0.1, 0.15) is 5.56 Å². The summed E-state index contributed by atoms with van der Waals surface area (Å²) in [6.45, 7) is 0.601. The van der Waals surface area contributed by atoms with Gasteiger partial charge < -0.3 is 9.84 Å². The topological polar surface area (TPSA) is 29.5 Å². The zero-order valence-electron chi connectivity index (χ0n) is 7.28. The van der Waals surface area contributed by atoms with Crippen LogP contribution in [-0.4, -0.2) is 12.2 Å². The Morgan fingerprint density at radius 3 is 3.08 bits per heavy atom. The molecule has 2 nitrogen and oxygen atoms in total. The fourth-order valence-corrected chi connectivity index (χ4v) is 2.33. The first-order valence-electron chi connectivity index (χ1n) is 4.00. The van der Waals surface area contributed by atoms with Crippen LogP contribution >= 0.6 is 11.3 Å². The van der Waals surface area contributed by atoms with Crippen molar-refractivity contribution in [3.63, 3.8) is 0 Å². The molecule has 0 saturated carbocycles. The van der Waals surface area contributed by atoms with E-state index in [4.69, 9.17) is 4.74 Å². The van der Waals surface area contributed by atoms with E-state index in [1.807, 2.05) is 17.5 Å². The van der Waals surface area contributed by atoms with E-state index >= 15 is 0 Å². The molecule has 13 heavy (non-hydrogen) atoms. The molecule has 0 amide bonds. The smallest absolute Gasteiger partial charge is 0.133 e. The minimum atomic E-state index is 0.352. The van der Waals surface area contributed by atoms with Crippen molar-refractivity contribution in [1.82, 2.24) is 0 Å². The molecule has 0 radical (unpaired) electrons. The minimum absolute atomic E-state index is 0.352. The summed E-state index contributed by atoms with van der Waals surface area (Å²) in [4.78, 5) is 0. The number of hydrogen-bond donors (Lipinski definition) is 1. The van der Waals surface area contributed by atoms with Crippen molar-refractivity contribution in [2.75, 3.05) is 7.11 Å². The third-order valence-corrected chi connectivity index (χ3v) is 3.03. The van der Waals surface area contributed by atoms with Crippen LogP contribution in [0.2, 0.25) is 0 Å². The molecule has 1 N–H and O–H groups in total. The molecular formula is C10H10O2S. The highest BCUT2D eigenvalue weighted by Crippen LogP contribution is 2.32. The third kappa shape index (κ3) is 1.41. The first-order valence-corrected chi connectivity index (χ1v) is 4.88. The van der Waals surface area contributed by atoms with Crippen LogP contribution in [-0.2, 0) is 11.3 Å². The van der Waals surface area contributed by atoms with Crippen molar-refractivity contribution in [3.8, 4) is 5.75 Å². The molecule has 0 aliphatic carbocycles. The Morgan fingerprint density at radius 2 is 2.31 bits per heavy atom. The molecule has 0 fully saturated rings. The lowest BCUT2D eigenvalue weighted by molar-refractivity contribution is 0.186. The molecule has 0 atom stereocenters. The summed E-state index contributed by atoms with van der Waals surface area (Å²) in [7, 11) is 1.67. The van der Waals surface area contributed by atoms with Crippen LogP contribution in [0, 0.1) is 0 Å². The predicted octanol–water partition coefficient (Wildman–Crippen LogP) is 2.75. The fourth-order valence-electron chi connectivity index (χ4n) is 1.36. The Morgan fingerprint density at radius 1 is 1.46 bits per heavy atom. The molecular weight excluding hydrogens is 184 g/mol. The average molecular weight is 194 g/mol. The van der Waals surface area contributed by atoms with Gasteiger partial charge in [-0.3, -0.25) is 0 Å². The number of fused-ring (bicyclic) bond motifs is 1. The van der Waals surface area contributed by atoms with Crippen LogP contribution in [0.5, 0.6) is 5.75 Å². The van der Waals surface area contributed by atoms with Crippen molar-refractivity contribution < 1.29 is 9.84 Å². The van der Waals surface area contributed by atoms with E-state index < -0.39 is 0 Å². The largest absolute Gasteiger partial charge is 0.506 e. The fraction of sp³-hybridized carbons (Fsp3) is 0.200. The van der Waals surface area contributed by atoms with Gasteiger partial charge >= 0.3 is 0 Å². The summed E-state index contributed by atoms with van der Waals surface area (Å²) in [5.41, 5.74) is 1.14. The molecule has 0 bridgehead atoms. The van der Waals surface area contributed by atoms with Crippen molar-refractivity contribution in [1.29, 1.82) is 0 Å². The lowest BCUT2D eigenvalue weighted by Crippen LogP contribution is -1.83. The number of methoxy groups -OCH3 is 1. The number of aromatic hydroxyl groups is 1. The van der Waals surface area contributed by atoms with Gasteiger partial charge in [-0.2, -0.15) is 0 Å². The second kappa shape index (κ2) is 3.36. The lowest BCUT2D eigenvalue weighted by Gasteiger charge is -1.97. The second-order valence-electron chi connectivity index (χ2n) is 2.85. The van der Waals surface area contributed by atoms with E-state index in [1.165, 1.54) is 0 Å². The summed E-state index contributed by atoms with van der Waals surface area (Å²) in [5, 5.41) is 12.6. The number of benzene rings is 1. The van der Waals surface area contributed by atoms with Crippen LogP contribution in [0.25, 0.3) is 10.1 Å². The first kappa shape index (κ1) is 8.53. The van der Waals surface area contributed by atoms with Gasteiger partial charge in [-0.1, -0.05) is 12.1 Å². The molecule has 2 aromatic rings. The van der Waals surface area contributed by atoms with Gasteiger partial charge in [-0.25, -0.2) is 0 Å². The highest BCUT2D eigenvalue weighted by atomic mass is 32.1. The maximum Gasteiger partial charge on any atom is 0.133 e. The molecule has 1 aromatic heterocycles. The number of ether oxygens (including phenoxy) is 1. The van der Waals surface area contributed by atoms with Gasteiger partial charge in [-0.05, 0) is 17.0 Å². The highest BCUT2D eigenvalue weighted by molar-refractivity contribution is 7.17. The van der Waals surface area contributed by atoms with Gasteiger partial charge in [0.25, 0.3) is 0 Å². The van der Waals surface area contributed by atoms with Gasteiger partial charge in [0.05, 0.1) is 11.3 Å². The van der Waals surface area contributed by atoms with Crippen molar-refractivity contribution in [2.24, 2.45) is 0 Å². The molecule has 0 unspecified atom stereocenters. The number of thiophene rings is 1. The normalized spacial score (nSPS) is 10.8. The molecule has 1 heterocycles. The van der Waals surface area contributed by atoms with Crippen LogP contribution in [0.15, 0.2) is 23.6 Å². The Kier molecular flexibility index (Phi) is 2.20. The first-order chi connectivity index (χ1) is 6.33. The summed E-state index contributed by atoms with van der Waals surface area (Å²) in [6.07, 6.45) is 0. The summed E-state index contributed by atoms with van der Waals surface area (Å²) >= 11 is 1.55. The summed E-state index contributed by atoms with van der Waals surface area (Å²) in [5.74, 6) is 0.352. The van der Waals surface area contributed by atoms with Gasteiger partial charge in [0.1, 0.15) is 5.75 Å². The van der Waals surface area contributed by atoms with Gasteiger partial charge in [0.15, 0.2) is 0 Å². The molecule has 0 aliphatic rings. The van der Waals surface area contributed by atoms with Gasteiger partial charge in [-0.15, -0.1) is 11.3 Å². The zero-order chi connectivity index (χ0) is 9.26.